The van der Waals surface area contributed by atoms with Gasteiger partial charge in [0.25, 0.3) is 0 Å². The fourth-order valence-corrected chi connectivity index (χ4v) is 4.52. The Bertz CT molecular complexity index is 1120. The fourth-order valence-electron chi connectivity index (χ4n) is 4.52. The predicted octanol–water partition coefficient (Wildman–Crippen LogP) is 5.09. The van der Waals surface area contributed by atoms with Crippen LogP contribution in [-0.2, 0) is 14.3 Å². The van der Waals surface area contributed by atoms with Gasteiger partial charge in [-0.15, -0.1) is 0 Å². The first-order valence-electron chi connectivity index (χ1n) is 12.3. The van der Waals surface area contributed by atoms with Crippen molar-refractivity contribution in [3.63, 3.8) is 0 Å². The topological polar surface area (TPSA) is 96.7 Å². The average molecular weight is 480 g/mol. The molecular weight excluding hydrogens is 442 g/mol. The molecule has 2 heterocycles. The average Bonchev–Trinajstić information content (AvgIpc) is 2.84. The van der Waals surface area contributed by atoms with E-state index in [9.17, 15) is 19.8 Å². The zero-order valence-electron chi connectivity index (χ0n) is 21.3. The molecular formula is C29H37NO5. The zero-order valence-corrected chi connectivity index (χ0v) is 21.3. The third kappa shape index (κ3) is 6.44. The maximum absolute atomic E-state index is 13.2. The largest absolute Gasteiger partial charge is 0.457 e. The van der Waals surface area contributed by atoms with Gasteiger partial charge in [0.05, 0.1) is 29.6 Å². The molecule has 0 saturated heterocycles. The van der Waals surface area contributed by atoms with E-state index in [-0.39, 0.29) is 18.1 Å². The molecule has 0 saturated carbocycles. The molecule has 35 heavy (non-hydrogen) atoms. The van der Waals surface area contributed by atoms with Crippen LogP contribution in [-0.4, -0.2) is 39.2 Å². The summed E-state index contributed by atoms with van der Waals surface area (Å²) in [5.41, 5.74) is 1.41. The van der Waals surface area contributed by atoms with Crippen LogP contribution in [0.15, 0.2) is 60.3 Å². The molecule has 0 radical (unpaired) electrons. The van der Waals surface area contributed by atoms with Crippen LogP contribution in [0.25, 0.3) is 10.9 Å². The zero-order chi connectivity index (χ0) is 25.8. The molecule has 0 fully saturated rings. The molecule has 1 aromatic carbocycles. The number of benzene rings is 1. The first-order valence-corrected chi connectivity index (χ1v) is 12.3. The Hall–Kier alpha value is -2.83. The van der Waals surface area contributed by atoms with Crippen molar-refractivity contribution >= 4 is 22.7 Å². The van der Waals surface area contributed by atoms with Gasteiger partial charge in [-0.1, -0.05) is 69.7 Å². The van der Waals surface area contributed by atoms with Crippen molar-refractivity contribution in [3.8, 4) is 0 Å². The van der Waals surface area contributed by atoms with Gasteiger partial charge in [0.15, 0.2) is 0 Å². The van der Waals surface area contributed by atoms with E-state index in [0.29, 0.717) is 12.8 Å². The summed E-state index contributed by atoms with van der Waals surface area (Å²) in [6.07, 6.45) is 5.80. The number of hydrogen-bond acceptors (Lipinski definition) is 6. The van der Waals surface area contributed by atoms with Gasteiger partial charge >= 0.3 is 5.97 Å². The molecule has 6 heteroatoms. The maximum atomic E-state index is 13.2. The molecule has 0 amide bonds. The standard InChI is InChI=1S/C29H37NO5/c1-18-8-6-9-19(2)27(33)20(3)28(34)29(4,5)25(31)17-26(32)35-24(14-11-18)22-13-12-21-10-7-15-30-23(21)16-22/h6-8,10-13,15-16,19-20,24-25,27,31,33H,9,14,17H2,1-5H3/t19-,20+,24-,25-,27-/m0/s1. The SMILES string of the molecule is CC1=CC[C@@H](c2ccc3cccnc3c2)OC(=O)C[C@H](O)C(C)(C)C(=O)[C@H](C)[C@@H](O)[C@@H](C)CC=C1. The molecule has 0 spiro atoms. The van der Waals surface area contributed by atoms with Gasteiger partial charge in [0, 0.05) is 23.9 Å². The summed E-state index contributed by atoms with van der Waals surface area (Å²) in [5, 5.41) is 22.6. The van der Waals surface area contributed by atoms with Crippen molar-refractivity contribution in [2.75, 3.05) is 0 Å². The van der Waals surface area contributed by atoms with E-state index in [2.05, 4.69) is 4.98 Å². The van der Waals surface area contributed by atoms with E-state index in [1.54, 1.807) is 27.0 Å². The Morgan fingerprint density at radius 1 is 1.09 bits per heavy atom. The van der Waals surface area contributed by atoms with E-state index in [1.807, 2.05) is 62.4 Å². The highest BCUT2D eigenvalue weighted by Gasteiger charge is 2.42. The number of esters is 1. The second-order valence-electron chi connectivity index (χ2n) is 10.3. The number of rotatable bonds is 1. The smallest absolute Gasteiger partial charge is 0.309 e. The summed E-state index contributed by atoms with van der Waals surface area (Å²) < 4.78 is 5.84. The van der Waals surface area contributed by atoms with Crippen LogP contribution in [0.4, 0.5) is 0 Å². The third-order valence-corrected chi connectivity index (χ3v) is 7.15. The molecule has 188 valence electrons. The van der Waals surface area contributed by atoms with Gasteiger partial charge in [-0.25, -0.2) is 0 Å². The Morgan fingerprint density at radius 2 is 1.83 bits per heavy atom. The van der Waals surface area contributed by atoms with Gasteiger partial charge in [-0.2, -0.15) is 0 Å². The molecule has 0 aliphatic carbocycles. The molecule has 0 unspecified atom stereocenters. The molecule has 5 atom stereocenters. The normalized spacial score (nSPS) is 29.0. The van der Waals surface area contributed by atoms with Crippen LogP contribution in [0.2, 0.25) is 0 Å². The highest BCUT2D eigenvalue weighted by Crippen LogP contribution is 2.33. The Balaban J connectivity index is 1.95. The van der Waals surface area contributed by atoms with Gasteiger partial charge in [-0.05, 0) is 37.0 Å². The number of aliphatic hydroxyl groups excluding tert-OH is 2. The van der Waals surface area contributed by atoms with Crippen molar-refractivity contribution in [2.45, 2.75) is 72.2 Å². The lowest BCUT2D eigenvalue weighted by Gasteiger charge is -2.34. The monoisotopic (exact) mass is 479 g/mol. The third-order valence-electron chi connectivity index (χ3n) is 7.15. The number of ketones is 1. The number of pyridine rings is 1. The molecule has 1 aliphatic rings. The Morgan fingerprint density at radius 3 is 2.57 bits per heavy atom. The minimum absolute atomic E-state index is 0.137. The molecule has 2 N–H and O–H groups in total. The summed E-state index contributed by atoms with van der Waals surface area (Å²) in [6, 6.07) is 9.64. The van der Waals surface area contributed by atoms with Crippen LogP contribution in [0.3, 0.4) is 0 Å². The minimum atomic E-state index is -1.24. The molecule has 3 rings (SSSR count). The number of nitrogens with zero attached hydrogens (tertiary/aromatic N) is 1. The number of aliphatic hydroxyl groups is 2. The summed E-state index contributed by atoms with van der Waals surface area (Å²) in [7, 11) is 0. The van der Waals surface area contributed by atoms with Crippen molar-refractivity contribution < 1.29 is 24.5 Å². The number of carbonyl (C=O) groups excluding carboxylic acids is 2. The van der Waals surface area contributed by atoms with E-state index in [1.165, 1.54) is 0 Å². The summed E-state index contributed by atoms with van der Waals surface area (Å²) in [5.74, 6) is -1.68. The number of cyclic esters (lactones) is 1. The lowest BCUT2D eigenvalue weighted by atomic mass is 9.73. The molecule has 0 bridgehead atoms. The van der Waals surface area contributed by atoms with Crippen LogP contribution in [0, 0.1) is 17.3 Å². The van der Waals surface area contributed by atoms with Crippen molar-refractivity contribution in [1.82, 2.24) is 4.98 Å². The number of ether oxygens (including phenoxy) is 1. The van der Waals surface area contributed by atoms with E-state index in [4.69, 9.17) is 4.74 Å². The summed E-state index contributed by atoms with van der Waals surface area (Å²) in [6.45, 7) is 8.79. The first kappa shape index (κ1) is 26.8. The van der Waals surface area contributed by atoms with E-state index >= 15 is 0 Å². The first-order chi connectivity index (χ1) is 16.5. The minimum Gasteiger partial charge on any atom is -0.457 e. The number of Topliss-reactive ketones (excluding diaryl/α,β-unsaturated/α-hetero) is 1. The number of hydrogen-bond donors (Lipinski definition) is 2. The highest BCUT2D eigenvalue weighted by molar-refractivity contribution is 5.88. The maximum Gasteiger partial charge on any atom is 0.309 e. The van der Waals surface area contributed by atoms with Crippen molar-refractivity contribution in [2.24, 2.45) is 17.3 Å². The van der Waals surface area contributed by atoms with Crippen molar-refractivity contribution in [3.05, 3.63) is 65.9 Å². The van der Waals surface area contributed by atoms with Gasteiger partial charge < -0.3 is 14.9 Å². The van der Waals surface area contributed by atoms with E-state index < -0.39 is 35.6 Å². The molecule has 1 aromatic heterocycles. The summed E-state index contributed by atoms with van der Waals surface area (Å²) in [4.78, 5) is 30.5. The van der Waals surface area contributed by atoms with Gasteiger partial charge in [0.2, 0.25) is 0 Å². The highest BCUT2D eigenvalue weighted by atomic mass is 16.5. The fraction of sp³-hybridized carbons (Fsp3) is 0.483. The van der Waals surface area contributed by atoms with E-state index in [0.717, 1.165) is 22.0 Å². The lowest BCUT2D eigenvalue weighted by molar-refractivity contribution is -0.155. The van der Waals surface area contributed by atoms with Crippen LogP contribution in [0.1, 0.15) is 65.5 Å². The number of carbonyl (C=O) groups is 2. The molecule has 1 aliphatic heterocycles. The summed E-state index contributed by atoms with van der Waals surface area (Å²) >= 11 is 0. The Labute approximate surface area is 207 Å². The number of allylic oxidation sites excluding steroid dienone is 3. The Kier molecular flexibility index (Phi) is 8.62. The quantitative estimate of drug-likeness (QED) is 0.553. The number of aromatic nitrogens is 1. The number of fused-ring (bicyclic) bond motifs is 1. The predicted molar refractivity (Wildman–Crippen MR) is 136 cm³/mol. The second-order valence-corrected chi connectivity index (χ2v) is 10.3. The van der Waals surface area contributed by atoms with Crippen LogP contribution >= 0.6 is 0 Å². The lowest BCUT2D eigenvalue weighted by Crippen LogP contribution is -2.45. The second kappa shape index (κ2) is 11.3. The van der Waals surface area contributed by atoms with Gasteiger partial charge in [-0.3, -0.25) is 14.6 Å². The van der Waals surface area contributed by atoms with Gasteiger partial charge in [0.1, 0.15) is 11.9 Å². The van der Waals surface area contributed by atoms with Crippen LogP contribution < -0.4 is 0 Å². The van der Waals surface area contributed by atoms with Crippen molar-refractivity contribution in [1.29, 1.82) is 0 Å². The molecule has 6 nitrogen and oxygen atoms in total. The molecule has 2 aromatic rings. The van der Waals surface area contributed by atoms with Crippen LogP contribution in [0.5, 0.6) is 0 Å².